The van der Waals surface area contributed by atoms with E-state index < -0.39 is 0 Å². The molecule has 1 N–H and O–H groups in total. The summed E-state index contributed by atoms with van der Waals surface area (Å²) in [7, 11) is 1.58. The van der Waals surface area contributed by atoms with Crippen molar-refractivity contribution in [2.24, 2.45) is 5.92 Å². The number of hydrogen-bond acceptors (Lipinski definition) is 5. The van der Waals surface area contributed by atoms with Crippen molar-refractivity contribution in [1.82, 2.24) is 4.90 Å². The molecule has 152 valence electrons. The normalized spacial score (nSPS) is 14.9. The Morgan fingerprint density at radius 3 is 2.62 bits per heavy atom. The largest absolute Gasteiger partial charge is 0.495 e. The van der Waals surface area contributed by atoms with E-state index in [1.54, 1.807) is 25.0 Å². The lowest BCUT2D eigenvalue weighted by Gasteiger charge is -2.30. The molecule has 2 amide bonds. The van der Waals surface area contributed by atoms with Gasteiger partial charge in [-0.25, -0.2) is 4.79 Å². The first-order valence-corrected chi connectivity index (χ1v) is 9.82. The molecule has 2 heterocycles. The number of likely N-dealkylation sites (tertiary alicyclic amines) is 1. The summed E-state index contributed by atoms with van der Waals surface area (Å²) < 4.78 is 16.5. The Labute approximate surface area is 168 Å². The SMILES string of the molecule is CCOC(=O)N1CCC(C(=O)Nc2cc3oc4ccccc4c3cc2OC)CC1. The Morgan fingerprint density at radius 1 is 1.14 bits per heavy atom. The van der Waals surface area contributed by atoms with Gasteiger partial charge in [0, 0.05) is 35.8 Å². The molecule has 1 aliphatic heterocycles. The summed E-state index contributed by atoms with van der Waals surface area (Å²) in [6.07, 6.45) is 0.878. The van der Waals surface area contributed by atoms with Gasteiger partial charge in [-0.2, -0.15) is 0 Å². The zero-order chi connectivity index (χ0) is 20.4. The molecule has 1 aliphatic rings. The van der Waals surface area contributed by atoms with Crippen LogP contribution in [0.1, 0.15) is 19.8 Å². The van der Waals surface area contributed by atoms with Gasteiger partial charge in [-0.15, -0.1) is 0 Å². The summed E-state index contributed by atoms with van der Waals surface area (Å²) in [5.41, 5.74) is 2.07. The second kappa shape index (κ2) is 8.03. The molecule has 0 spiro atoms. The van der Waals surface area contributed by atoms with Crippen LogP contribution in [0.4, 0.5) is 10.5 Å². The predicted octanol–water partition coefficient (Wildman–Crippen LogP) is 4.40. The zero-order valence-corrected chi connectivity index (χ0v) is 16.6. The molecule has 7 heteroatoms. The summed E-state index contributed by atoms with van der Waals surface area (Å²) in [5.74, 6) is 0.334. The number of rotatable bonds is 4. The van der Waals surface area contributed by atoms with Crippen molar-refractivity contribution in [2.75, 3.05) is 32.1 Å². The Balaban J connectivity index is 1.51. The number of nitrogens with one attached hydrogen (secondary N) is 1. The van der Waals surface area contributed by atoms with Gasteiger partial charge in [0.25, 0.3) is 0 Å². The number of carbonyl (C=O) groups is 2. The van der Waals surface area contributed by atoms with Crippen LogP contribution in [-0.2, 0) is 9.53 Å². The first-order chi connectivity index (χ1) is 14.1. The van der Waals surface area contributed by atoms with Crippen LogP contribution in [0.3, 0.4) is 0 Å². The van der Waals surface area contributed by atoms with E-state index in [4.69, 9.17) is 13.9 Å². The number of methoxy groups -OCH3 is 1. The monoisotopic (exact) mass is 396 g/mol. The van der Waals surface area contributed by atoms with Crippen molar-refractivity contribution in [3.63, 3.8) is 0 Å². The fraction of sp³-hybridized carbons (Fsp3) is 0.364. The molecule has 3 aromatic rings. The van der Waals surface area contributed by atoms with Crippen molar-refractivity contribution >= 4 is 39.6 Å². The summed E-state index contributed by atoms with van der Waals surface area (Å²) in [6.45, 7) is 3.15. The van der Waals surface area contributed by atoms with Crippen LogP contribution in [0, 0.1) is 5.92 Å². The standard InChI is InChI=1S/C22H24N2O5/c1-3-28-22(26)24-10-8-14(9-11-24)21(25)23-17-13-19-16(12-20(17)27-2)15-6-4-5-7-18(15)29-19/h4-7,12-14H,3,8-11H2,1-2H3,(H,23,25). The van der Waals surface area contributed by atoms with E-state index in [0.29, 0.717) is 49.6 Å². The molecule has 0 saturated carbocycles. The minimum Gasteiger partial charge on any atom is -0.495 e. The van der Waals surface area contributed by atoms with Crippen LogP contribution in [-0.4, -0.2) is 43.7 Å². The van der Waals surface area contributed by atoms with E-state index in [9.17, 15) is 9.59 Å². The number of nitrogens with zero attached hydrogens (tertiary/aromatic N) is 1. The number of carbonyl (C=O) groups excluding carboxylic acids is 2. The first-order valence-electron chi connectivity index (χ1n) is 9.82. The van der Waals surface area contributed by atoms with Gasteiger partial charge in [0.15, 0.2) is 0 Å². The Kier molecular flexibility index (Phi) is 5.29. The summed E-state index contributed by atoms with van der Waals surface area (Å²) in [6, 6.07) is 11.5. The van der Waals surface area contributed by atoms with Gasteiger partial charge in [0.1, 0.15) is 16.9 Å². The molecule has 7 nitrogen and oxygen atoms in total. The highest BCUT2D eigenvalue weighted by atomic mass is 16.6. The smallest absolute Gasteiger partial charge is 0.409 e. The van der Waals surface area contributed by atoms with Crippen LogP contribution >= 0.6 is 0 Å². The average Bonchev–Trinajstić information content (AvgIpc) is 3.10. The maximum Gasteiger partial charge on any atom is 0.409 e. The second-order valence-corrected chi connectivity index (χ2v) is 7.10. The van der Waals surface area contributed by atoms with Gasteiger partial charge in [-0.3, -0.25) is 4.79 Å². The fourth-order valence-corrected chi connectivity index (χ4v) is 3.79. The van der Waals surface area contributed by atoms with Crippen molar-refractivity contribution in [2.45, 2.75) is 19.8 Å². The Morgan fingerprint density at radius 2 is 1.90 bits per heavy atom. The number of piperidine rings is 1. The number of furan rings is 1. The molecule has 1 saturated heterocycles. The number of hydrogen-bond donors (Lipinski definition) is 1. The van der Waals surface area contributed by atoms with E-state index in [1.807, 2.05) is 30.3 Å². The highest BCUT2D eigenvalue weighted by molar-refractivity contribution is 6.07. The van der Waals surface area contributed by atoms with Crippen LogP contribution in [0.2, 0.25) is 0 Å². The van der Waals surface area contributed by atoms with Gasteiger partial charge >= 0.3 is 6.09 Å². The molecule has 0 radical (unpaired) electrons. The topological polar surface area (TPSA) is 81.0 Å². The van der Waals surface area contributed by atoms with Gasteiger partial charge in [0.2, 0.25) is 5.91 Å². The van der Waals surface area contributed by atoms with Crippen molar-refractivity contribution in [3.8, 4) is 5.75 Å². The third kappa shape index (κ3) is 3.72. The molecule has 4 rings (SSSR count). The van der Waals surface area contributed by atoms with E-state index in [2.05, 4.69) is 5.32 Å². The number of amides is 2. The quantitative estimate of drug-likeness (QED) is 0.707. The minimum absolute atomic E-state index is 0.0812. The van der Waals surface area contributed by atoms with E-state index in [-0.39, 0.29) is 17.9 Å². The van der Waals surface area contributed by atoms with Gasteiger partial charge in [-0.1, -0.05) is 18.2 Å². The van der Waals surface area contributed by atoms with Gasteiger partial charge in [-0.05, 0) is 31.9 Å². The van der Waals surface area contributed by atoms with Crippen molar-refractivity contribution in [3.05, 3.63) is 36.4 Å². The second-order valence-electron chi connectivity index (χ2n) is 7.10. The first kappa shape index (κ1) is 19.1. The molecule has 1 aromatic heterocycles. The van der Waals surface area contributed by atoms with Crippen molar-refractivity contribution < 1.29 is 23.5 Å². The van der Waals surface area contributed by atoms with Crippen LogP contribution in [0.5, 0.6) is 5.75 Å². The maximum absolute atomic E-state index is 12.8. The molecule has 2 aromatic carbocycles. The number of anilines is 1. The number of ether oxygens (including phenoxy) is 2. The van der Waals surface area contributed by atoms with Crippen LogP contribution in [0.25, 0.3) is 21.9 Å². The van der Waals surface area contributed by atoms with Crippen molar-refractivity contribution in [1.29, 1.82) is 0 Å². The summed E-state index contributed by atoms with van der Waals surface area (Å²) in [5, 5.41) is 4.93. The van der Waals surface area contributed by atoms with E-state index in [1.165, 1.54) is 0 Å². The maximum atomic E-state index is 12.8. The number of benzene rings is 2. The third-order valence-electron chi connectivity index (χ3n) is 5.35. The minimum atomic E-state index is -0.316. The lowest BCUT2D eigenvalue weighted by Crippen LogP contribution is -2.41. The molecule has 1 fully saturated rings. The fourth-order valence-electron chi connectivity index (χ4n) is 3.79. The third-order valence-corrected chi connectivity index (χ3v) is 5.35. The molecule has 0 aliphatic carbocycles. The number of fused-ring (bicyclic) bond motifs is 3. The average molecular weight is 396 g/mol. The molecule has 0 atom stereocenters. The molecular formula is C22H24N2O5. The van der Waals surface area contributed by atoms with E-state index in [0.717, 1.165) is 16.4 Å². The Bertz CT molecular complexity index is 1050. The molecular weight excluding hydrogens is 372 g/mol. The molecule has 0 bridgehead atoms. The summed E-state index contributed by atoms with van der Waals surface area (Å²) >= 11 is 0. The van der Waals surface area contributed by atoms with Crippen LogP contribution in [0.15, 0.2) is 40.8 Å². The highest BCUT2D eigenvalue weighted by Gasteiger charge is 2.28. The lowest BCUT2D eigenvalue weighted by atomic mass is 9.96. The Hall–Kier alpha value is -3.22. The summed E-state index contributed by atoms with van der Waals surface area (Å²) in [4.78, 5) is 26.3. The predicted molar refractivity (Wildman–Crippen MR) is 110 cm³/mol. The number of para-hydroxylation sites is 1. The molecule has 29 heavy (non-hydrogen) atoms. The lowest BCUT2D eigenvalue weighted by molar-refractivity contribution is -0.121. The van der Waals surface area contributed by atoms with Crippen LogP contribution < -0.4 is 10.1 Å². The molecule has 0 unspecified atom stereocenters. The highest BCUT2D eigenvalue weighted by Crippen LogP contribution is 2.36. The van der Waals surface area contributed by atoms with Gasteiger partial charge in [0.05, 0.1) is 19.4 Å². The van der Waals surface area contributed by atoms with E-state index >= 15 is 0 Å². The van der Waals surface area contributed by atoms with Gasteiger partial charge < -0.3 is 24.1 Å². The zero-order valence-electron chi connectivity index (χ0n) is 16.6.